The summed E-state index contributed by atoms with van der Waals surface area (Å²) in [6.07, 6.45) is 4.86. The van der Waals surface area contributed by atoms with Crippen molar-refractivity contribution in [1.29, 1.82) is 0 Å². The zero-order valence-electron chi connectivity index (χ0n) is 11.1. The molecular weight excluding hydrogens is 227 g/mol. The summed E-state index contributed by atoms with van der Waals surface area (Å²) in [6, 6.07) is 7.15. The van der Waals surface area contributed by atoms with Crippen molar-refractivity contribution in [3.8, 4) is 0 Å². The topological polar surface area (TPSA) is 29.3 Å². The minimum absolute atomic E-state index is 0.168. The second-order valence-corrected chi connectivity index (χ2v) is 5.23. The van der Waals surface area contributed by atoms with Gasteiger partial charge in [-0.25, -0.2) is 4.39 Å². The molecule has 2 atom stereocenters. The molecule has 0 saturated heterocycles. The highest BCUT2D eigenvalue weighted by atomic mass is 19.1. The molecule has 0 radical (unpaired) electrons. The first-order valence-electron chi connectivity index (χ1n) is 6.96. The molecule has 2 unspecified atom stereocenters. The molecule has 0 spiro atoms. The van der Waals surface area contributed by atoms with Crippen LogP contribution in [-0.2, 0) is 0 Å². The van der Waals surface area contributed by atoms with Crippen LogP contribution in [-0.4, -0.2) is 19.1 Å². The zero-order chi connectivity index (χ0) is 13.0. The van der Waals surface area contributed by atoms with Crippen LogP contribution < -0.4 is 10.6 Å². The van der Waals surface area contributed by atoms with Crippen LogP contribution >= 0.6 is 0 Å². The first kappa shape index (κ1) is 13.3. The Morgan fingerprint density at radius 2 is 2.11 bits per heavy atom. The van der Waals surface area contributed by atoms with Crippen LogP contribution in [0.3, 0.4) is 0 Å². The smallest absolute Gasteiger partial charge is 0.125 e. The van der Waals surface area contributed by atoms with E-state index in [1.54, 1.807) is 12.1 Å². The number of halogens is 1. The lowest BCUT2D eigenvalue weighted by molar-refractivity contribution is 0.310. The van der Waals surface area contributed by atoms with Gasteiger partial charge in [0.05, 0.1) is 0 Å². The number of nitrogens with zero attached hydrogens (tertiary/aromatic N) is 1. The van der Waals surface area contributed by atoms with Gasteiger partial charge in [-0.05, 0) is 43.9 Å². The Kier molecular flexibility index (Phi) is 4.59. The molecule has 1 aliphatic carbocycles. The minimum Gasteiger partial charge on any atom is -0.371 e. The van der Waals surface area contributed by atoms with Gasteiger partial charge in [0.25, 0.3) is 0 Å². The average Bonchev–Trinajstić information content (AvgIpc) is 2.38. The van der Waals surface area contributed by atoms with Crippen LogP contribution in [0.5, 0.6) is 0 Å². The van der Waals surface area contributed by atoms with E-state index in [0.717, 1.165) is 25.2 Å². The summed E-state index contributed by atoms with van der Waals surface area (Å²) in [4.78, 5) is 2.24. The molecule has 2 N–H and O–H groups in total. The summed E-state index contributed by atoms with van der Waals surface area (Å²) >= 11 is 0. The number of benzene rings is 1. The van der Waals surface area contributed by atoms with Crippen LogP contribution in [0.1, 0.15) is 32.6 Å². The summed E-state index contributed by atoms with van der Waals surface area (Å²) in [5, 5.41) is 0. The molecule has 0 amide bonds. The van der Waals surface area contributed by atoms with Crippen molar-refractivity contribution in [2.24, 2.45) is 11.7 Å². The molecule has 1 aliphatic rings. The van der Waals surface area contributed by atoms with E-state index in [2.05, 4.69) is 11.8 Å². The summed E-state index contributed by atoms with van der Waals surface area (Å²) < 4.78 is 13.3. The predicted octanol–water partition coefficient (Wildman–Crippen LogP) is 3.17. The standard InChI is InChI=1S/C15H23FN2/c1-2-18(14-8-5-7-13(16)10-14)11-12-6-3-4-9-15(12)17/h5,7-8,10,12,15H,2-4,6,9,11,17H2,1H3. The normalized spacial score (nSPS) is 23.9. The Balaban J connectivity index is 2.04. The van der Waals surface area contributed by atoms with Crippen molar-refractivity contribution in [2.45, 2.75) is 38.6 Å². The Hall–Kier alpha value is -1.09. The Morgan fingerprint density at radius 1 is 1.33 bits per heavy atom. The highest BCUT2D eigenvalue weighted by Crippen LogP contribution is 2.26. The predicted molar refractivity (Wildman–Crippen MR) is 74.2 cm³/mol. The van der Waals surface area contributed by atoms with E-state index in [-0.39, 0.29) is 5.82 Å². The number of anilines is 1. The van der Waals surface area contributed by atoms with Crippen molar-refractivity contribution < 1.29 is 4.39 Å². The highest BCUT2D eigenvalue weighted by Gasteiger charge is 2.23. The first-order valence-corrected chi connectivity index (χ1v) is 6.96. The fraction of sp³-hybridized carbons (Fsp3) is 0.600. The van der Waals surface area contributed by atoms with E-state index in [9.17, 15) is 4.39 Å². The van der Waals surface area contributed by atoms with Gasteiger partial charge in [0.1, 0.15) is 5.82 Å². The van der Waals surface area contributed by atoms with Gasteiger partial charge in [-0.15, -0.1) is 0 Å². The van der Waals surface area contributed by atoms with E-state index in [1.165, 1.54) is 25.3 Å². The molecule has 100 valence electrons. The van der Waals surface area contributed by atoms with Gasteiger partial charge in [-0.1, -0.05) is 18.9 Å². The van der Waals surface area contributed by atoms with Gasteiger partial charge in [0.2, 0.25) is 0 Å². The van der Waals surface area contributed by atoms with Crippen molar-refractivity contribution in [3.05, 3.63) is 30.1 Å². The molecule has 1 saturated carbocycles. The fourth-order valence-corrected chi connectivity index (χ4v) is 2.84. The van der Waals surface area contributed by atoms with E-state index in [0.29, 0.717) is 12.0 Å². The van der Waals surface area contributed by atoms with Crippen LogP contribution in [0.2, 0.25) is 0 Å². The lowest BCUT2D eigenvalue weighted by atomic mass is 9.84. The zero-order valence-corrected chi connectivity index (χ0v) is 11.1. The van der Waals surface area contributed by atoms with Crippen molar-refractivity contribution >= 4 is 5.69 Å². The molecule has 2 rings (SSSR count). The SMILES string of the molecule is CCN(CC1CCCCC1N)c1cccc(F)c1. The molecule has 0 aliphatic heterocycles. The van der Waals surface area contributed by atoms with Gasteiger partial charge in [-0.3, -0.25) is 0 Å². The largest absolute Gasteiger partial charge is 0.371 e. The van der Waals surface area contributed by atoms with Crippen molar-refractivity contribution in [2.75, 3.05) is 18.0 Å². The molecule has 18 heavy (non-hydrogen) atoms. The van der Waals surface area contributed by atoms with Crippen LogP contribution in [0, 0.1) is 11.7 Å². The summed E-state index contributed by atoms with van der Waals surface area (Å²) in [6.45, 7) is 3.95. The fourth-order valence-electron chi connectivity index (χ4n) is 2.84. The van der Waals surface area contributed by atoms with E-state index >= 15 is 0 Å². The van der Waals surface area contributed by atoms with Gasteiger partial charge in [-0.2, -0.15) is 0 Å². The molecule has 0 bridgehead atoms. The summed E-state index contributed by atoms with van der Waals surface area (Å²) in [5.41, 5.74) is 7.16. The maximum atomic E-state index is 13.3. The van der Waals surface area contributed by atoms with E-state index in [1.807, 2.05) is 6.07 Å². The highest BCUT2D eigenvalue weighted by molar-refractivity contribution is 5.46. The molecule has 0 aromatic heterocycles. The molecule has 3 heteroatoms. The molecule has 1 fully saturated rings. The second-order valence-electron chi connectivity index (χ2n) is 5.23. The third-order valence-corrected chi connectivity index (χ3v) is 3.98. The maximum Gasteiger partial charge on any atom is 0.125 e. The van der Waals surface area contributed by atoms with Crippen LogP contribution in [0.25, 0.3) is 0 Å². The molecule has 2 nitrogen and oxygen atoms in total. The van der Waals surface area contributed by atoms with Crippen LogP contribution in [0.15, 0.2) is 24.3 Å². The number of hydrogen-bond acceptors (Lipinski definition) is 2. The van der Waals surface area contributed by atoms with Crippen LogP contribution in [0.4, 0.5) is 10.1 Å². The average molecular weight is 250 g/mol. The third-order valence-electron chi connectivity index (χ3n) is 3.98. The monoisotopic (exact) mass is 250 g/mol. The molecular formula is C15H23FN2. The maximum absolute atomic E-state index is 13.3. The van der Waals surface area contributed by atoms with E-state index in [4.69, 9.17) is 5.73 Å². The Labute approximate surface area is 109 Å². The van der Waals surface area contributed by atoms with Gasteiger partial charge in [0.15, 0.2) is 0 Å². The summed E-state index contributed by atoms with van der Waals surface area (Å²) in [7, 11) is 0. The Bertz CT molecular complexity index is 381. The third kappa shape index (κ3) is 3.22. The number of hydrogen-bond donors (Lipinski definition) is 1. The molecule has 1 aromatic carbocycles. The number of nitrogens with two attached hydrogens (primary N) is 1. The van der Waals surface area contributed by atoms with Gasteiger partial charge >= 0.3 is 0 Å². The van der Waals surface area contributed by atoms with Crippen molar-refractivity contribution in [1.82, 2.24) is 0 Å². The van der Waals surface area contributed by atoms with Gasteiger partial charge in [0, 0.05) is 24.8 Å². The minimum atomic E-state index is -0.168. The van der Waals surface area contributed by atoms with Crippen molar-refractivity contribution in [3.63, 3.8) is 0 Å². The molecule has 1 aromatic rings. The lowest BCUT2D eigenvalue weighted by Crippen LogP contribution is -2.41. The van der Waals surface area contributed by atoms with E-state index < -0.39 is 0 Å². The lowest BCUT2D eigenvalue weighted by Gasteiger charge is -2.34. The summed E-state index contributed by atoms with van der Waals surface area (Å²) in [5.74, 6) is 0.376. The second kappa shape index (κ2) is 6.19. The van der Waals surface area contributed by atoms with Gasteiger partial charge < -0.3 is 10.6 Å². The Morgan fingerprint density at radius 3 is 2.78 bits per heavy atom. The first-order chi connectivity index (χ1) is 8.70. The number of rotatable bonds is 4. The molecule has 0 heterocycles. The quantitative estimate of drug-likeness (QED) is 0.889.